The number of aliphatic carboxylic acids is 1. The van der Waals surface area contributed by atoms with Gasteiger partial charge in [-0.2, -0.15) is 4.98 Å². The van der Waals surface area contributed by atoms with Crippen molar-refractivity contribution in [3.63, 3.8) is 0 Å². The van der Waals surface area contributed by atoms with Crippen LogP contribution in [-0.2, 0) is 16.1 Å². The Hall–Kier alpha value is -4.55. The summed E-state index contributed by atoms with van der Waals surface area (Å²) in [6.07, 6.45) is 2.87. The van der Waals surface area contributed by atoms with E-state index in [0.29, 0.717) is 36.3 Å². The molecule has 2 amide bonds. The fourth-order valence-corrected chi connectivity index (χ4v) is 3.23. The van der Waals surface area contributed by atoms with E-state index >= 15 is 0 Å². The molecule has 0 aliphatic carbocycles. The lowest BCUT2D eigenvalue weighted by atomic mass is 10.1. The van der Waals surface area contributed by atoms with Crippen LogP contribution in [0.25, 0.3) is 11.2 Å². The number of anilines is 2. The van der Waals surface area contributed by atoms with Gasteiger partial charge in [-0.1, -0.05) is 0 Å². The molecule has 0 aliphatic rings. The van der Waals surface area contributed by atoms with Crippen molar-refractivity contribution in [3.8, 4) is 0 Å². The summed E-state index contributed by atoms with van der Waals surface area (Å²) in [5.41, 5.74) is 6.73. The number of benzene rings is 1. The average molecular weight is 483 g/mol. The van der Waals surface area contributed by atoms with Crippen LogP contribution in [0.2, 0.25) is 0 Å². The highest BCUT2D eigenvalue weighted by Crippen LogP contribution is 2.12. The fraction of sp³-hybridized carbons (Fsp3) is 0.318. The fourth-order valence-electron chi connectivity index (χ4n) is 3.23. The first kappa shape index (κ1) is 25.1. The molecule has 0 spiro atoms. The minimum atomic E-state index is -1.12. The molecule has 2 aromatic heterocycles. The largest absolute Gasteiger partial charge is 0.480 e. The Balaban J connectivity index is 1.54. The summed E-state index contributed by atoms with van der Waals surface area (Å²) in [5, 5.41) is 17.7. The quantitative estimate of drug-likeness (QED) is 0.207. The lowest BCUT2D eigenvalue weighted by Gasteiger charge is -2.15. The summed E-state index contributed by atoms with van der Waals surface area (Å²) in [6, 6.07) is 5.44. The van der Waals surface area contributed by atoms with Gasteiger partial charge in [0.2, 0.25) is 11.9 Å². The molecule has 1 atom stereocenters. The number of nitrogen functional groups attached to an aromatic ring is 1. The number of nitrogens with zero attached hydrogens (tertiary/aromatic N) is 3. The minimum Gasteiger partial charge on any atom is -0.480 e. The van der Waals surface area contributed by atoms with E-state index < -0.39 is 23.5 Å². The molecule has 3 rings (SSSR count). The van der Waals surface area contributed by atoms with E-state index in [0.717, 1.165) is 0 Å². The second-order valence-corrected chi connectivity index (χ2v) is 7.76. The number of rotatable bonds is 11. The van der Waals surface area contributed by atoms with E-state index in [4.69, 9.17) is 5.73 Å². The number of carbonyl (C=O) groups excluding carboxylic acids is 2. The number of amides is 2. The van der Waals surface area contributed by atoms with Gasteiger partial charge >= 0.3 is 5.97 Å². The molecule has 35 heavy (non-hydrogen) atoms. The van der Waals surface area contributed by atoms with Gasteiger partial charge in [-0.3, -0.25) is 19.4 Å². The van der Waals surface area contributed by atoms with E-state index in [9.17, 15) is 24.3 Å². The topological polar surface area (TPSA) is 205 Å². The number of hydrogen-bond acceptors (Lipinski definition) is 9. The third kappa shape index (κ3) is 7.22. The van der Waals surface area contributed by atoms with Crippen molar-refractivity contribution in [2.24, 2.45) is 0 Å². The Labute approximate surface area is 199 Å². The number of carboxylic acids is 1. The molecular weight excluding hydrogens is 456 g/mol. The number of fused-ring (bicyclic) bond motifs is 1. The molecule has 13 nitrogen and oxygen atoms in total. The van der Waals surface area contributed by atoms with Crippen molar-refractivity contribution < 1.29 is 19.5 Å². The second-order valence-electron chi connectivity index (χ2n) is 7.76. The van der Waals surface area contributed by atoms with Crippen molar-refractivity contribution in [2.45, 2.75) is 38.8 Å². The zero-order valence-electron chi connectivity index (χ0n) is 19.0. The number of carbonyl (C=O) groups is 3. The molecular formula is C22H26N8O5. The molecule has 13 heteroatoms. The number of unbranched alkanes of at least 4 members (excludes halogenated alkanes) is 1. The zero-order valence-corrected chi connectivity index (χ0v) is 19.0. The molecule has 0 saturated carbocycles. The summed E-state index contributed by atoms with van der Waals surface area (Å²) >= 11 is 0. The molecule has 0 unspecified atom stereocenters. The SMILES string of the molecule is CC(=O)NCCCC[C@H](NC(=O)c1ccc(NCc2cnc3nc(N)[nH]c(=O)c3n2)cc1)C(=O)O. The van der Waals surface area contributed by atoms with Crippen molar-refractivity contribution in [1.29, 1.82) is 0 Å². The van der Waals surface area contributed by atoms with Gasteiger partial charge in [0.05, 0.1) is 18.4 Å². The average Bonchev–Trinajstić information content (AvgIpc) is 2.81. The van der Waals surface area contributed by atoms with Crippen molar-refractivity contribution in [1.82, 2.24) is 30.6 Å². The van der Waals surface area contributed by atoms with Crippen LogP contribution >= 0.6 is 0 Å². The maximum absolute atomic E-state index is 12.5. The monoisotopic (exact) mass is 482 g/mol. The summed E-state index contributed by atoms with van der Waals surface area (Å²) in [7, 11) is 0. The van der Waals surface area contributed by atoms with Gasteiger partial charge in [0.1, 0.15) is 6.04 Å². The zero-order chi connectivity index (χ0) is 25.4. The van der Waals surface area contributed by atoms with Crippen LogP contribution in [0.15, 0.2) is 35.3 Å². The highest BCUT2D eigenvalue weighted by atomic mass is 16.4. The number of nitrogens with two attached hydrogens (primary N) is 1. The molecule has 0 aliphatic heterocycles. The van der Waals surface area contributed by atoms with Crippen LogP contribution in [0, 0.1) is 0 Å². The van der Waals surface area contributed by atoms with Crippen LogP contribution in [0.5, 0.6) is 0 Å². The van der Waals surface area contributed by atoms with Crippen LogP contribution in [-0.4, -0.2) is 55.4 Å². The van der Waals surface area contributed by atoms with E-state index in [1.54, 1.807) is 24.3 Å². The van der Waals surface area contributed by atoms with Crippen molar-refractivity contribution >= 4 is 40.6 Å². The van der Waals surface area contributed by atoms with Gasteiger partial charge in [-0.15, -0.1) is 0 Å². The summed E-state index contributed by atoms with van der Waals surface area (Å²) in [5.74, 6) is -1.81. The number of nitrogens with one attached hydrogen (secondary N) is 4. The van der Waals surface area contributed by atoms with Gasteiger partial charge in [0.25, 0.3) is 11.5 Å². The molecule has 0 fully saturated rings. The smallest absolute Gasteiger partial charge is 0.326 e. The predicted octanol–water partition coefficient (Wildman–Crippen LogP) is 0.397. The first-order valence-electron chi connectivity index (χ1n) is 10.9. The summed E-state index contributed by atoms with van der Waals surface area (Å²) in [4.78, 5) is 61.5. The van der Waals surface area contributed by atoms with Gasteiger partial charge in [0.15, 0.2) is 11.2 Å². The van der Waals surface area contributed by atoms with Gasteiger partial charge in [-0.25, -0.2) is 14.8 Å². The normalized spacial score (nSPS) is 11.6. The Morgan fingerprint density at radius 2 is 1.89 bits per heavy atom. The third-order valence-electron chi connectivity index (χ3n) is 5.00. The Morgan fingerprint density at radius 3 is 2.57 bits per heavy atom. The second kappa shape index (κ2) is 11.5. The third-order valence-corrected chi connectivity index (χ3v) is 5.00. The lowest BCUT2D eigenvalue weighted by molar-refractivity contribution is -0.139. The highest BCUT2D eigenvalue weighted by Gasteiger charge is 2.20. The maximum atomic E-state index is 12.5. The van der Waals surface area contributed by atoms with Gasteiger partial charge in [-0.05, 0) is 43.5 Å². The van der Waals surface area contributed by atoms with Crippen LogP contribution < -0.4 is 27.2 Å². The minimum absolute atomic E-state index is 0.0385. The van der Waals surface area contributed by atoms with Crippen molar-refractivity contribution in [3.05, 3.63) is 52.1 Å². The molecule has 184 valence electrons. The molecule has 1 aromatic carbocycles. The first-order chi connectivity index (χ1) is 16.7. The van der Waals surface area contributed by atoms with Crippen LogP contribution in [0.1, 0.15) is 42.2 Å². The van der Waals surface area contributed by atoms with Gasteiger partial charge in [0, 0.05) is 24.7 Å². The number of H-pyrrole nitrogens is 1. The standard InChI is InChI=1S/C22H26N8O5/c1-12(31)24-9-3-2-4-16(21(34)35)28-19(32)13-5-7-14(8-6-13)25-10-15-11-26-18-17(27-15)20(33)30-22(23)29-18/h5-8,11,16,25H,2-4,9-10H2,1H3,(H,24,31)(H,28,32)(H,34,35)(H3,23,26,29,30,33)/t16-/m0/s1. The van der Waals surface area contributed by atoms with E-state index in [2.05, 4.69) is 35.9 Å². The first-order valence-corrected chi connectivity index (χ1v) is 10.9. The van der Waals surface area contributed by atoms with E-state index in [1.807, 2.05) is 0 Å². The van der Waals surface area contributed by atoms with E-state index in [-0.39, 0.29) is 36.0 Å². The molecule has 3 aromatic rings. The molecule has 0 saturated heterocycles. The maximum Gasteiger partial charge on any atom is 0.326 e. The van der Waals surface area contributed by atoms with Crippen LogP contribution in [0.3, 0.4) is 0 Å². The predicted molar refractivity (Wildman–Crippen MR) is 128 cm³/mol. The highest BCUT2D eigenvalue weighted by molar-refractivity contribution is 5.96. The molecule has 0 bridgehead atoms. The Morgan fingerprint density at radius 1 is 1.14 bits per heavy atom. The number of hydrogen-bond donors (Lipinski definition) is 6. The number of aromatic amines is 1. The molecule has 7 N–H and O–H groups in total. The Bertz CT molecular complexity index is 1280. The van der Waals surface area contributed by atoms with Crippen molar-refractivity contribution in [2.75, 3.05) is 17.6 Å². The summed E-state index contributed by atoms with van der Waals surface area (Å²) < 4.78 is 0. The molecule has 2 heterocycles. The lowest BCUT2D eigenvalue weighted by Crippen LogP contribution is -2.40. The van der Waals surface area contributed by atoms with Gasteiger partial charge < -0.3 is 26.8 Å². The summed E-state index contributed by atoms with van der Waals surface area (Å²) in [6.45, 7) is 2.13. The number of aromatic nitrogens is 4. The van der Waals surface area contributed by atoms with Crippen LogP contribution in [0.4, 0.5) is 11.6 Å². The number of carboxylic acid groups (broad SMARTS) is 1. The van der Waals surface area contributed by atoms with E-state index in [1.165, 1.54) is 13.1 Å². The Kier molecular flexibility index (Phi) is 8.27. The molecule has 0 radical (unpaired) electrons.